The Morgan fingerprint density at radius 1 is 0.455 bits per heavy atom. The second kappa shape index (κ2) is 9.96. The lowest BCUT2D eigenvalue weighted by Gasteiger charge is -2.46. The molecule has 0 spiro atoms. The topological polar surface area (TPSA) is 54.5 Å². The van der Waals surface area contributed by atoms with Gasteiger partial charge in [0.1, 0.15) is 0 Å². The summed E-state index contributed by atoms with van der Waals surface area (Å²) in [7, 11) is 0. The highest BCUT2D eigenvalue weighted by atomic mass is 79.9. The molecule has 5 heteroatoms. The van der Waals surface area contributed by atoms with Gasteiger partial charge in [-0.25, -0.2) is 4.90 Å². The Balaban J connectivity index is 1.53. The van der Waals surface area contributed by atoms with E-state index in [0.717, 1.165) is 22.3 Å². The number of fused-ring (bicyclic) bond motifs is 5. The van der Waals surface area contributed by atoms with Crippen molar-refractivity contribution in [2.75, 3.05) is 4.90 Å². The van der Waals surface area contributed by atoms with Crippen LogP contribution in [-0.4, -0.2) is 17.6 Å². The molecule has 0 aromatic heterocycles. The Morgan fingerprint density at radius 2 is 0.818 bits per heavy atom. The van der Waals surface area contributed by atoms with E-state index in [0.29, 0.717) is 10.2 Å². The van der Waals surface area contributed by atoms with E-state index in [4.69, 9.17) is 0 Å². The number of halogens is 1. The van der Waals surface area contributed by atoms with Gasteiger partial charge in [0, 0.05) is 16.3 Å². The number of rotatable bonds is 5. The normalized spacial score (nSPS) is 28.8. The molecule has 3 fully saturated rings. The number of Topliss-reactive ketones (excluding diaryl/α,β-unsaturated/α-hetero) is 1. The fourth-order valence-electron chi connectivity index (χ4n) is 8.92. The molecular weight excluding hydrogens is 610 g/mol. The Kier molecular flexibility index (Phi) is 6.11. The number of benzene rings is 5. The summed E-state index contributed by atoms with van der Waals surface area (Å²) in [6, 6.07) is 47.0. The zero-order chi connectivity index (χ0) is 30.1. The Labute approximate surface area is 264 Å². The first kappa shape index (κ1) is 27.0. The molecule has 1 saturated heterocycles. The van der Waals surface area contributed by atoms with E-state index in [9.17, 15) is 9.59 Å². The van der Waals surface area contributed by atoms with E-state index in [-0.39, 0.29) is 17.6 Å². The van der Waals surface area contributed by atoms with Gasteiger partial charge in [-0.05, 0) is 50.3 Å². The van der Waals surface area contributed by atoms with Gasteiger partial charge in [-0.2, -0.15) is 0 Å². The summed E-state index contributed by atoms with van der Waals surface area (Å²) in [5.41, 5.74) is 1.45. The first-order valence-electron chi connectivity index (χ1n) is 14.9. The van der Waals surface area contributed by atoms with Gasteiger partial charge in [0.25, 0.3) is 0 Å². The van der Waals surface area contributed by atoms with Crippen LogP contribution in [0.4, 0.5) is 5.69 Å². The lowest BCUT2D eigenvalue weighted by molar-refractivity contribution is -0.131. The number of anilines is 1. The summed E-state index contributed by atoms with van der Waals surface area (Å²) < 4.78 is 0.655. The van der Waals surface area contributed by atoms with E-state index in [2.05, 4.69) is 40.2 Å². The van der Waals surface area contributed by atoms with Crippen molar-refractivity contribution in [2.45, 2.75) is 22.7 Å². The highest BCUT2D eigenvalue weighted by molar-refractivity contribution is 9.10. The third-order valence-electron chi connectivity index (χ3n) is 10.3. The molecule has 5 aromatic carbocycles. The lowest BCUT2D eigenvalue weighted by Crippen LogP contribution is -2.49. The van der Waals surface area contributed by atoms with Crippen LogP contribution in [0.25, 0.3) is 0 Å². The van der Waals surface area contributed by atoms with Crippen molar-refractivity contribution in [1.29, 1.82) is 0 Å². The minimum atomic E-state index is -1.29. The first-order chi connectivity index (χ1) is 21.5. The molecule has 2 bridgehead atoms. The number of hydrogen-bond donors (Lipinski definition) is 0. The van der Waals surface area contributed by atoms with Crippen LogP contribution in [0.2, 0.25) is 0 Å². The number of para-hydroxylation sites is 1. The van der Waals surface area contributed by atoms with Gasteiger partial charge in [-0.3, -0.25) is 14.4 Å². The third kappa shape index (κ3) is 3.31. The second-order valence-electron chi connectivity index (χ2n) is 12.0. The molecule has 5 aromatic rings. The lowest BCUT2D eigenvalue weighted by atomic mass is 9.52. The minimum absolute atomic E-state index is 0.0476. The monoisotopic (exact) mass is 637 g/mol. The molecule has 0 radical (unpaired) electrons. The average molecular weight is 639 g/mol. The molecule has 2 aliphatic carbocycles. The number of imide groups is 1. The van der Waals surface area contributed by atoms with Gasteiger partial charge in [-0.15, -0.1) is 0 Å². The number of carbonyl (C=O) groups is 3. The van der Waals surface area contributed by atoms with Crippen LogP contribution >= 0.6 is 15.9 Å². The van der Waals surface area contributed by atoms with Crippen molar-refractivity contribution >= 4 is 39.2 Å². The number of carbonyl (C=O) groups excluding carboxylic acids is 3. The molecule has 6 unspecified atom stereocenters. The maximum atomic E-state index is 15.9. The predicted molar refractivity (Wildman–Crippen MR) is 173 cm³/mol. The molecule has 214 valence electrons. The smallest absolute Gasteiger partial charge is 0.239 e. The summed E-state index contributed by atoms with van der Waals surface area (Å²) >= 11 is 3.60. The summed E-state index contributed by atoms with van der Waals surface area (Å²) in [5.74, 6) is -3.28. The van der Waals surface area contributed by atoms with Gasteiger partial charge in [0.05, 0.1) is 28.4 Å². The van der Waals surface area contributed by atoms with Crippen LogP contribution in [0.1, 0.15) is 34.1 Å². The Morgan fingerprint density at radius 3 is 1.23 bits per heavy atom. The maximum absolute atomic E-state index is 15.9. The zero-order valence-electron chi connectivity index (χ0n) is 23.7. The highest BCUT2D eigenvalue weighted by Crippen LogP contribution is 2.77. The summed E-state index contributed by atoms with van der Waals surface area (Å²) in [4.78, 5) is 47.2. The van der Waals surface area contributed by atoms with Gasteiger partial charge < -0.3 is 0 Å². The molecule has 2 saturated carbocycles. The van der Waals surface area contributed by atoms with Crippen molar-refractivity contribution in [3.8, 4) is 0 Å². The van der Waals surface area contributed by atoms with Crippen LogP contribution in [-0.2, 0) is 25.2 Å². The maximum Gasteiger partial charge on any atom is 0.239 e. The zero-order valence-corrected chi connectivity index (χ0v) is 25.3. The van der Waals surface area contributed by atoms with Gasteiger partial charge in [0.15, 0.2) is 5.78 Å². The van der Waals surface area contributed by atoms with E-state index in [1.165, 1.54) is 4.90 Å². The highest BCUT2D eigenvalue weighted by Gasteiger charge is 2.86. The van der Waals surface area contributed by atoms with E-state index < -0.39 is 34.5 Å². The Hall–Kier alpha value is -4.61. The van der Waals surface area contributed by atoms with E-state index in [1.807, 2.05) is 115 Å². The van der Waals surface area contributed by atoms with E-state index in [1.54, 1.807) is 6.07 Å². The summed E-state index contributed by atoms with van der Waals surface area (Å²) in [6.07, 6.45) is 0. The molecule has 2 amide bonds. The fourth-order valence-corrected chi connectivity index (χ4v) is 9.38. The molecule has 1 aliphatic heterocycles. The van der Waals surface area contributed by atoms with Crippen LogP contribution in [0.5, 0.6) is 0 Å². The van der Waals surface area contributed by atoms with Gasteiger partial charge in [0.2, 0.25) is 11.8 Å². The fraction of sp³-hybridized carbons (Fsp3) is 0.154. The number of ketones is 1. The van der Waals surface area contributed by atoms with Crippen molar-refractivity contribution in [3.63, 3.8) is 0 Å². The van der Waals surface area contributed by atoms with Crippen molar-refractivity contribution in [2.24, 2.45) is 11.8 Å². The SMILES string of the molecule is O=C1C2C(C(=O)N1c1ccccc1Br)C1(c3ccccc3)C(=O)C2(c2ccccc2)C(c2ccccc2)C1c1ccccc1. The van der Waals surface area contributed by atoms with Crippen LogP contribution < -0.4 is 4.90 Å². The first-order valence-corrected chi connectivity index (χ1v) is 15.7. The molecule has 3 aliphatic rings. The molecule has 44 heavy (non-hydrogen) atoms. The average Bonchev–Trinajstić information content (AvgIpc) is 3.59. The predicted octanol–water partition coefficient (Wildman–Crippen LogP) is 7.59. The summed E-state index contributed by atoms with van der Waals surface area (Å²) in [6.45, 7) is 0. The van der Waals surface area contributed by atoms with Crippen LogP contribution in [0, 0.1) is 11.8 Å². The van der Waals surface area contributed by atoms with Crippen molar-refractivity contribution in [3.05, 3.63) is 172 Å². The number of hydrogen-bond acceptors (Lipinski definition) is 3. The number of nitrogens with zero attached hydrogens (tertiary/aromatic N) is 1. The van der Waals surface area contributed by atoms with Crippen molar-refractivity contribution in [1.82, 2.24) is 0 Å². The largest absolute Gasteiger partial charge is 0.298 e. The third-order valence-corrected chi connectivity index (χ3v) is 10.9. The molecule has 6 atom stereocenters. The minimum Gasteiger partial charge on any atom is -0.298 e. The molecule has 0 N–H and O–H groups in total. The van der Waals surface area contributed by atoms with E-state index >= 15 is 4.79 Å². The van der Waals surface area contributed by atoms with Gasteiger partial charge >= 0.3 is 0 Å². The standard InChI is InChI=1S/C39H28BrNO3/c40-29-23-13-14-24-30(29)41-35(42)33-34(36(41)43)39(28-21-11-4-12-22-28)32(26-17-7-2-8-18-26)31(25-15-5-1-6-16-25)38(33,37(39)44)27-19-9-3-10-20-27/h1-24,31-34H. The van der Waals surface area contributed by atoms with Crippen LogP contribution in [0.3, 0.4) is 0 Å². The second-order valence-corrected chi connectivity index (χ2v) is 12.8. The number of amides is 2. The summed E-state index contributed by atoms with van der Waals surface area (Å²) in [5, 5.41) is 0. The molecule has 8 rings (SSSR count). The molecule has 1 heterocycles. The quantitative estimate of drug-likeness (QED) is 0.187. The van der Waals surface area contributed by atoms with Crippen molar-refractivity contribution < 1.29 is 14.4 Å². The Bertz CT molecular complexity index is 1800. The van der Waals surface area contributed by atoms with Gasteiger partial charge in [-0.1, -0.05) is 133 Å². The molecular formula is C39H28BrNO3. The van der Waals surface area contributed by atoms with Crippen LogP contribution in [0.15, 0.2) is 150 Å². The molecule has 4 nitrogen and oxygen atoms in total.